The molecule has 3 nitrogen and oxygen atoms in total. The minimum atomic E-state index is -3.17. The van der Waals surface area contributed by atoms with Crippen molar-refractivity contribution in [3.63, 3.8) is 0 Å². The lowest BCUT2D eigenvalue weighted by Gasteiger charge is -2.41. The van der Waals surface area contributed by atoms with Gasteiger partial charge in [0.05, 0.1) is 4.90 Å². The molecule has 1 saturated carbocycles. The number of nitrogens with zero attached hydrogens (tertiary/aromatic N) is 1. The molecule has 2 atom stereocenters. The fourth-order valence-corrected chi connectivity index (χ4v) is 4.91. The Bertz CT molecular complexity index is 652. The zero-order valence-electron chi connectivity index (χ0n) is 14.3. The first kappa shape index (κ1) is 17.7. The largest absolute Gasteiger partial charge is 0.457 e. The summed E-state index contributed by atoms with van der Waals surface area (Å²) in [7, 11) is 2.04. The molecule has 0 aromatic heterocycles. The van der Waals surface area contributed by atoms with Crippen LogP contribution in [-0.2, 0) is 10.2 Å². The fraction of sp³-hybridized carbons (Fsp3) is 0.611. The highest BCUT2D eigenvalue weighted by molar-refractivity contribution is 8.00. The molecule has 132 valence electrons. The second kappa shape index (κ2) is 6.30. The normalized spacial score (nSPS) is 30.9. The van der Waals surface area contributed by atoms with Gasteiger partial charge in [0.2, 0.25) is 0 Å². The molecule has 0 bridgehead atoms. The summed E-state index contributed by atoms with van der Waals surface area (Å²) in [6.07, 6.45) is 2.89. The molecular formula is C18H23F2NO2S. The van der Waals surface area contributed by atoms with Crippen molar-refractivity contribution in [1.29, 1.82) is 0 Å². The van der Waals surface area contributed by atoms with Crippen LogP contribution in [-0.4, -0.2) is 35.8 Å². The molecule has 0 spiro atoms. The Labute approximate surface area is 145 Å². The maximum Gasteiger partial charge on any atom is 0.457 e. The number of carbonyl (C=O) groups is 1. The first-order chi connectivity index (χ1) is 11.4. The van der Waals surface area contributed by atoms with Crippen molar-refractivity contribution in [3.8, 4) is 5.75 Å². The van der Waals surface area contributed by atoms with E-state index in [1.54, 1.807) is 12.1 Å². The van der Waals surface area contributed by atoms with Crippen molar-refractivity contribution < 1.29 is 18.3 Å². The number of ether oxygens (including phenoxy) is 1. The standard InChI is InChI=1S/C16H17F2NO2S.C2H6/c1-19-7-6-15(5-4-11(20)9-14(15)19)10-2-3-13-12(8-10)21-16(17,18)22-13;1-2/h2-3,8,14H,4-7,9H2,1H3;1-2H3/t14?,15-;/m0./s1. The zero-order chi connectivity index (χ0) is 17.5. The molecule has 6 heteroatoms. The van der Waals surface area contributed by atoms with E-state index in [1.165, 1.54) is 0 Å². The number of fused-ring (bicyclic) bond motifs is 2. The SMILES string of the molecule is CC.CN1CC[C@]2(c3ccc4c(c3)OC(F)(F)S4)CCC(=O)CC12. The third kappa shape index (κ3) is 2.84. The van der Waals surface area contributed by atoms with Crippen molar-refractivity contribution in [2.45, 2.75) is 61.3 Å². The van der Waals surface area contributed by atoms with Crippen molar-refractivity contribution in [1.82, 2.24) is 4.90 Å². The molecule has 0 radical (unpaired) electrons. The number of likely N-dealkylation sites (N-methyl/N-ethyl adjacent to an activating group) is 1. The smallest absolute Gasteiger partial charge is 0.423 e. The van der Waals surface area contributed by atoms with Crippen LogP contribution in [0.15, 0.2) is 23.1 Å². The quantitative estimate of drug-likeness (QED) is 0.745. The Kier molecular flexibility index (Phi) is 4.64. The van der Waals surface area contributed by atoms with Crippen LogP contribution >= 0.6 is 11.8 Å². The van der Waals surface area contributed by atoms with E-state index in [9.17, 15) is 13.6 Å². The van der Waals surface area contributed by atoms with Crippen molar-refractivity contribution in [3.05, 3.63) is 23.8 Å². The van der Waals surface area contributed by atoms with E-state index in [-0.39, 0.29) is 17.2 Å². The molecule has 0 N–H and O–H groups in total. The van der Waals surface area contributed by atoms with Gasteiger partial charge in [-0.25, -0.2) is 0 Å². The summed E-state index contributed by atoms with van der Waals surface area (Å²) in [5, 5.41) is 0. The molecule has 2 aliphatic heterocycles. The molecule has 1 aliphatic carbocycles. The Morgan fingerprint density at radius 3 is 2.79 bits per heavy atom. The minimum Gasteiger partial charge on any atom is -0.423 e. The van der Waals surface area contributed by atoms with E-state index in [1.807, 2.05) is 27.0 Å². The summed E-state index contributed by atoms with van der Waals surface area (Å²) in [6.45, 7) is 4.93. The zero-order valence-corrected chi connectivity index (χ0v) is 15.1. The highest BCUT2D eigenvalue weighted by Gasteiger charge is 2.51. The second-order valence-electron chi connectivity index (χ2n) is 6.47. The summed E-state index contributed by atoms with van der Waals surface area (Å²) >= 11 is 0.452. The molecule has 1 aromatic rings. The van der Waals surface area contributed by atoms with Crippen LogP contribution in [0.4, 0.5) is 8.78 Å². The summed E-state index contributed by atoms with van der Waals surface area (Å²) in [6, 6.07) is 5.61. The molecular weight excluding hydrogens is 332 g/mol. The maximum atomic E-state index is 13.4. The van der Waals surface area contributed by atoms with Crippen LogP contribution < -0.4 is 4.74 Å². The van der Waals surface area contributed by atoms with E-state index in [0.717, 1.165) is 24.9 Å². The number of alkyl halides is 2. The van der Waals surface area contributed by atoms with Crippen LogP contribution in [0, 0.1) is 0 Å². The predicted molar refractivity (Wildman–Crippen MR) is 90.8 cm³/mol. The van der Waals surface area contributed by atoms with Crippen LogP contribution in [0.2, 0.25) is 0 Å². The van der Waals surface area contributed by atoms with Gasteiger partial charge >= 0.3 is 5.44 Å². The third-order valence-corrected chi connectivity index (χ3v) is 6.21. The Hall–Kier alpha value is -1.14. The molecule has 1 saturated heterocycles. The van der Waals surface area contributed by atoms with Gasteiger partial charge in [0.15, 0.2) is 0 Å². The highest BCUT2D eigenvalue weighted by atomic mass is 32.2. The summed E-state index contributed by atoms with van der Waals surface area (Å²) in [5.41, 5.74) is -2.25. The number of carbonyl (C=O) groups excluding carboxylic acids is 1. The number of thioether (sulfide) groups is 1. The summed E-state index contributed by atoms with van der Waals surface area (Å²) in [4.78, 5) is 14.6. The Morgan fingerprint density at radius 1 is 1.29 bits per heavy atom. The highest BCUT2D eigenvalue weighted by Crippen LogP contribution is 2.53. The monoisotopic (exact) mass is 355 g/mol. The van der Waals surface area contributed by atoms with E-state index in [0.29, 0.717) is 35.3 Å². The van der Waals surface area contributed by atoms with E-state index < -0.39 is 5.44 Å². The number of benzene rings is 1. The number of hydrogen-bond donors (Lipinski definition) is 0. The molecule has 24 heavy (non-hydrogen) atoms. The molecule has 2 fully saturated rings. The molecule has 0 amide bonds. The number of halogens is 2. The molecule has 2 heterocycles. The van der Waals surface area contributed by atoms with Crippen LogP contribution in [0.3, 0.4) is 0 Å². The number of Topliss-reactive ketones (excluding diaryl/α,β-unsaturated/α-hetero) is 1. The number of hydrogen-bond acceptors (Lipinski definition) is 4. The van der Waals surface area contributed by atoms with Crippen molar-refractivity contribution >= 4 is 17.5 Å². The third-order valence-electron chi connectivity index (χ3n) is 5.33. The molecule has 1 aromatic carbocycles. The molecule has 4 rings (SSSR count). The number of ketones is 1. The van der Waals surface area contributed by atoms with Gasteiger partial charge in [0.25, 0.3) is 0 Å². The van der Waals surface area contributed by atoms with Gasteiger partial charge in [-0.3, -0.25) is 4.79 Å². The van der Waals surface area contributed by atoms with Gasteiger partial charge in [0.1, 0.15) is 11.5 Å². The van der Waals surface area contributed by atoms with Gasteiger partial charge in [-0.15, -0.1) is 0 Å². The van der Waals surface area contributed by atoms with E-state index in [2.05, 4.69) is 4.90 Å². The van der Waals surface area contributed by atoms with Crippen molar-refractivity contribution in [2.75, 3.05) is 13.6 Å². The van der Waals surface area contributed by atoms with Gasteiger partial charge in [-0.2, -0.15) is 8.78 Å². The predicted octanol–water partition coefficient (Wildman–Crippen LogP) is 4.44. The van der Waals surface area contributed by atoms with Gasteiger partial charge in [-0.05, 0) is 55.9 Å². The lowest BCUT2D eigenvalue weighted by Crippen LogP contribution is -2.46. The van der Waals surface area contributed by atoms with Gasteiger partial charge in [0, 0.05) is 24.3 Å². The first-order valence-corrected chi connectivity index (χ1v) is 9.34. The summed E-state index contributed by atoms with van der Waals surface area (Å²) < 4.78 is 31.5. The topological polar surface area (TPSA) is 29.5 Å². The molecule has 3 aliphatic rings. The average Bonchev–Trinajstić information content (AvgIpc) is 3.05. The summed E-state index contributed by atoms with van der Waals surface area (Å²) in [5.74, 6) is 0.570. The number of likely N-dealkylation sites (tertiary alicyclic amines) is 1. The van der Waals surface area contributed by atoms with Crippen LogP contribution in [0.25, 0.3) is 0 Å². The van der Waals surface area contributed by atoms with E-state index in [4.69, 9.17) is 4.74 Å². The molecule has 1 unspecified atom stereocenters. The average molecular weight is 355 g/mol. The fourth-order valence-electron chi connectivity index (χ4n) is 4.18. The number of rotatable bonds is 1. The van der Waals surface area contributed by atoms with Crippen LogP contribution in [0.1, 0.15) is 45.1 Å². The van der Waals surface area contributed by atoms with Crippen molar-refractivity contribution in [2.24, 2.45) is 0 Å². The van der Waals surface area contributed by atoms with Crippen LogP contribution in [0.5, 0.6) is 5.75 Å². The van der Waals surface area contributed by atoms with Gasteiger partial charge < -0.3 is 9.64 Å². The second-order valence-corrected chi connectivity index (χ2v) is 7.59. The Balaban J connectivity index is 0.000000815. The maximum absolute atomic E-state index is 13.4. The van der Waals surface area contributed by atoms with Gasteiger partial charge in [-0.1, -0.05) is 19.9 Å². The first-order valence-electron chi connectivity index (χ1n) is 8.52. The minimum absolute atomic E-state index is 0.108. The lowest BCUT2D eigenvalue weighted by atomic mass is 9.66. The Morgan fingerprint density at radius 2 is 2.04 bits per heavy atom. The van der Waals surface area contributed by atoms with E-state index >= 15 is 0 Å². The lowest BCUT2D eigenvalue weighted by molar-refractivity contribution is -0.122.